The Labute approximate surface area is 333 Å². The molecule has 2 aromatic rings. The van der Waals surface area contributed by atoms with Crippen LogP contribution in [0.2, 0.25) is 0 Å². The van der Waals surface area contributed by atoms with Gasteiger partial charge in [-0.1, -0.05) is 90.9 Å². The fraction of sp³-hybridized carbons (Fsp3) is 0.581. The van der Waals surface area contributed by atoms with E-state index in [0.29, 0.717) is 12.0 Å². The lowest BCUT2D eigenvalue weighted by Gasteiger charge is -2.27. The number of Topliss-reactive ketones (excluding diaryl/α,β-unsaturated/α-hetero) is 1. The van der Waals surface area contributed by atoms with E-state index in [1.54, 1.807) is 12.1 Å². The van der Waals surface area contributed by atoms with Crippen LogP contribution in [0.1, 0.15) is 109 Å². The highest BCUT2D eigenvalue weighted by Crippen LogP contribution is 2.22. The first-order valence-corrected chi connectivity index (χ1v) is 19.9. The second-order valence-corrected chi connectivity index (χ2v) is 15.9. The highest BCUT2D eigenvalue weighted by molar-refractivity contribution is 5.99. The monoisotopic (exact) mass is 778 g/mol. The van der Waals surface area contributed by atoms with E-state index in [9.17, 15) is 33.9 Å². The minimum atomic E-state index is -1.11. The lowest BCUT2D eigenvalue weighted by molar-refractivity contribution is -0.134. The van der Waals surface area contributed by atoms with Crippen molar-refractivity contribution in [3.05, 3.63) is 71.3 Å². The molecule has 56 heavy (non-hydrogen) atoms. The summed E-state index contributed by atoms with van der Waals surface area (Å²) >= 11 is 0. The SMILES string of the molecule is CCN(CC)CCCC[C@H](NC(=O)[C@H](CC(C)C)NC(=O)[C@H](C)NC(=O)[C@H](Cc1ccccc1)NC(=O)c1ccc(C(C)(C)C)cc1)C(=O)N[C@@H](CO)C(C)=O. The van der Waals surface area contributed by atoms with Gasteiger partial charge in [0.1, 0.15) is 30.2 Å². The van der Waals surface area contributed by atoms with Crippen LogP contribution in [0.4, 0.5) is 0 Å². The number of hydrogen-bond acceptors (Lipinski definition) is 8. The van der Waals surface area contributed by atoms with E-state index in [4.69, 9.17) is 0 Å². The van der Waals surface area contributed by atoms with Crippen LogP contribution in [0.15, 0.2) is 54.6 Å². The summed E-state index contributed by atoms with van der Waals surface area (Å²) in [6.45, 7) is 18.9. The number of nitrogens with one attached hydrogen (secondary N) is 5. The molecule has 13 heteroatoms. The molecule has 0 radical (unpaired) electrons. The molecule has 2 aromatic carbocycles. The Bertz CT molecular complexity index is 1570. The quantitative estimate of drug-likeness (QED) is 0.0927. The van der Waals surface area contributed by atoms with Gasteiger partial charge in [-0.25, -0.2) is 0 Å². The van der Waals surface area contributed by atoms with Crippen LogP contribution in [-0.2, 0) is 35.8 Å². The smallest absolute Gasteiger partial charge is 0.251 e. The van der Waals surface area contributed by atoms with E-state index < -0.39 is 72.1 Å². The molecule has 0 bridgehead atoms. The highest BCUT2D eigenvalue weighted by Gasteiger charge is 2.31. The van der Waals surface area contributed by atoms with Crippen LogP contribution >= 0.6 is 0 Å². The molecule has 0 heterocycles. The minimum absolute atomic E-state index is 0.0308. The molecule has 0 saturated heterocycles. The van der Waals surface area contributed by atoms with Gasteiger partial charge in [-0.2, -0.15) is 0 Å². The van der Waals surface area contributed by atoms with Crippen molar-refractivity contribution in [2.45, 2.75) is 130 Å². The second kappa shape index (κ2) is 23.4. The number of carbonyl (C=O) groups excluding carboxylic acids is 6. The maximum atomic E-state index is 13.8. The first-order chi connectivity index (χ1) is 26.4. The van der Waals surface area contributed by atoms with Crippen molar-refractivity contribution in [1.82, 2.24) is 31.5 Å². The van der Waals surface area contributed by atoms with Crippen molar-refractivity contribution >= 4 is 35.3 Å². The van der Waals surface area contributed by atoms with Crippen LogP contribution in [0.3, 0.4) is 0 Å². The van der Waals surface area contributed by atoms with Crippen LogP contribution in [0, 0.1) is 5.92 Å². The summed E-state index contributed by atoms with van der Waals surface area (Å²) in [4.78, 5) is 82.0. The van der Waals surface area contributed by atoms with Crippen LogP contribution in [0.5, 0.6) is 0 Å². The summed E-state index contributed by atoms with van der Waals surface area (Å²) in [5, 5.41) is 23.3. The standard InChI is InChI=1S/C43H66N6O7/c1-10-49(11-2)24-16-15-19-34(40(54)48-37(27-50)30(6)51)45-42(56)35(25-28(3)4)46-38(52)29(5)44-41(55)36(26-31-17-13-12-14-18-31)47-39(53)32-20-22-33(23-21-32)43(7,8)9/h12-14,17-18,20-23,28-29,34-37,50H,10-11,15-16,19,24-27H2,1-9H3,(H,44,55)(H,45,56)(H,46,52)(H,47,53)(H,48,54)/t29-,34-,35-,36-,37-/m0/s1. The van der Waals surface area contributed by atoms with E-state index >= 15 is 0 Å². The van der Waals surface area contributed by atoms with Gasteiger partial charge in [-0.3, -0.25) is 28.8 Å². The van der Waals surface area contributed by atoms with Crippen LogP contribution in [-0.4, -0.2) is 102 Å². The first kappa shape index (κ1) is 47.5. The largest absolute Gasteiger partial charge is 0.394 e. The summed E-state index contributed by atoms with van der Waals surface area (Å²) in [6, 6.07) is 11.1. The van der Waals surface area contributed by atoms with Gasteiger partial charge in [0.2, 0.25) is 23.6 Å². The molecular formula is C43H66N6O7. The van der Waals surface area contributed by atoms with E-state index in [0.717, 1.165) is 37.2 Å². The van der Waals surface area contributed by atoms with Gasteiger partial charge in [0.25, 0.3) is 5.91 Å². The molecule has 13 nitrogen and oxygen atoms in total. The molecule has 2 rings (SSSR count). The van der Waals surface area contributed by atoms with E-state index in [-0.39, 0.29) is 30.6 Å². The van der Waals surface area contributed by atoms with Gasteiger partial charge < -0.3 is 36.6 Å². The summed E-state index contributed by atoms with van der Waals surface area (Å²) in [5.74, 6) is -3.30. The number of carbonyl (C=O) groups is 6. The zero-order valence-corrected chi connectivity index (χ0v) is 34.9. The lowest BCUT2D eigenvalue weighted by atomic mass is 9.86. The summed E-state index contributed by atoms with van der Waals surface area (Å²) in [6.07, 6.45) is 2.06. The van der Waals surface area contributed by atoms with Crippen LogP contribution < -0.4 is 26.6 Å². The average Bonchev–Trinajstić information content (AvgIpc) is 3.15. The van der Waals surface area contributed by atoms with Gasteiger partial charge in [-0.15, -0.1) is 0 Å². The molecule has 0 fully saturated rings. The predicted octanol–water partition coefficient (Wildman–Crippen LogP) is 3.42. The van der Waals surface area contributed by atoms with Gasteiger partial charge in [-0.05, 0) is 93.8 Å². The minimum Gasteiger partial charge on any atom is -0.394 e. The van der Waals surface area contributed by atoms with Crippen LogP contribution in [0.25, 0.3) is 0 Å². The van der Waals surface area contributed by atoms with Gasteiger partial charge >= 0.3 is 0 Å². The third kappa shape index (κ3) is 16.2. The Balaban J connectivity index is 2.22. The Morgan fingerprint density at radius 1 is 0.679 bits per heavy atom. The molecule has 0 spiro atoms. The Morgan fingerprint density at radius 3 is 1.77 bits per heavy atom. The maximum absolute atomic E-state index is 13.8. The van der Waals surface area contributed by atoms with Gasteiger partial charge in [0.15, 0.2) is 5.78 Å². The van der Waals surface area contributed by atoms with E-state index in [1.165, 1.54) is 13.8 Å². The fourth-order valence-corrected chi connectivity index (χ4v) is 6.11. The number of benzene rings is 2. The Morgan fingerprint density at radius 2 is 1.23 bits per heavy atom. The third-order valence-corrected chi connectivity index (χ3v) is 9.74. The van der Waals surface area contributed by atoms with Crippen molar-refractivity contribution in [2.75, 3.05) is 26.2 Å². The number of ketones is 1. The molecule has 310 valence electrons. The zero-order chi connectivity index (χ0) is 42.0. The molecule has 0 aromatic heterocycles. The number of rotatable bonds is 23. The number of unbranched alkanes of at least 4 members (excludes halogenated alkanes) is 1. The van der Waals surface area contributed by atoms with Gasteiger partial charge in [0, 0.05) is 12.0 Å². The third-order valence-electron chi connectivity index (χ3n) is 9.74. The van der Waals surface area contributed by atoms with Gasteiger partial charge in [0.05, 0.1) is 6.61 Å². The highest BCUT2D eigenvalue weighted by atomic mass is 16.3. The molecule has 5 atom stereocenters. The second-order valence-electron chi connectivity index (χ2n) is 15.9. The lowest BCUT2D eigenvalue weighted by Crippen LogP contribution is -2.58. The number of hydrogen-bond donors (Lipinski definition) is 6. The molecule has 6 N–H and O–H groups in total. The molecule has 0 unspecified atom stereocenters. The summed E-state index contributed by atoms with van der Waals surface area (Å²) < 4.78 is 0. The normalized spacial score (nSPS) is 14.2. The average molecular weight is 779 g/mol. The van der Waals surface area contributed by atoms with Crippen molar-refractivity contribution in [3.8, 4) is 0 Å². The fourth-order valence-electron chi connectivity index (χ4n) is 6.11. The molecule has 5 amide bonds. The van der Waals surface area contributed by atoms with Crippen molar-refractivity contribution < 1.29 is 33.9 Å². The Kier molecular flexibility index (Phi) is 19.9. The van der Waals surface area contributed by atoms with Crippen molar-refractivity contribution in [2.24, 2.45) is 5.92 Å². The molecular weight excluding hydrogens is 713 g/mol. The van der Waals surface area contributed by atoms with E-state index in [2.05, 4.69) is 66.1 Å². The summed E-state index contributed by atoms with van der Waals surface area (Å²) in [7, 11) is 0. The molecule has 0 aliphatic heterocycles. The van der Waals surface area contributed by atoms with Crippen molar-refractivity contribution in [1.29, 1.82) is 0 Å². The molecule has 0 aliphatic rings. The topological polar surface area (TPSA) is 186 Å². The Hall–Kier alpha value is -4.62. The number of nitrogens with zero attached hydrogens (tertiary/aromatic N) is 1. The summed E-state index contributed by atoms with van der Waals surface area (Å²) in [5.41, 5.74) is 2.16. The molecule has 0 saturated carbocycles. The molecule has 0 aliphatic carbocycles. The first-order valence-electron chi connectivity index (χ1n) is 19.9. The number of amides is 5. The predicted molar refractivity (Wildman–Crippen MR) is 219 cm³/mol. The number of aliphatic hydroxyl groups is 1. The maximum Gasteiger partial charge on any atom is 0.251 e. The van der Waals surface area contributed by atoms with E-state index in [1.807, 2.05) is 56.3 Å². The number of aliphatic hydroxyl groups excluding tert-OH is 1. The zero-order valence-electron chi connectivity index (χ0n) is 34.9. The van der Waals surface area contributed by atoms with Crippen molar-refractivity contribution in [3.63, 3.8) is 0 Å².